The molecular formula is C23H14Cl2O. The van der Waals surface area contributed by atoms with Crippen LogP contribution in [0.3, 0.4) is 0 Å². The highest BCUT2D eigenvalue weighted by Gasteiger charge is 2.35. The van der Waals surface area contributed by atoms with Crippen LogP contribution < -0.4 is 0 Å². The number of Topliss-reactive ketones (excluding diaryl/α,β-unsaturated/α-hetero) is 1. The van der Waals surface area contributed by atoms with E-state index in [9.17, 15) is 4.79 Å². The molecule has 0 aromatic heterocycles. The summed E-state index contributed by atoms with van der Waals surface area (Å²) in [6.45, 7) is 0. The number of hydrogen-bond acceptors (Lipinski definition) is 1. The zero-order valence-corrected chi connectivity index (χ0v) is 15.3. The molecule has 0 spiro atoms. The van der Waals surface area contributed by atoms with Crippen LogP contribution in [0.15, 0.2) is 84.4 Å². The lowest BCUT2D eigenvalue weighted by Crippen LogP contribution is -2.20. The summed E-state index contributed by atoms with van der Waals surface area (Å²) in [4.78, 5) is 12.9. The van der Waals surface area contributed by atoms with Gasteiger partial charge in [-0.15, -0.1) is 0 Å². The minimum Gasteiger partial charge on any atom is -0.289 e. The SMILES string of the molecule is O=C1C(c2ccccc2)=C(c2ccccc2)/C1=C/c1ccc(Cl)cc1Cl. The van der Waals surface area contributed by atoms with Crippen LogP contribution >= 0.6 is 23.2 Å². The first kappa shape index (κ1) is 16.8. The van der Waals surface area contributed by atoms with Crippen LogP contribution in [0.25, 0.3) is 17.2 Å². The Hall–Kier alpha value is -2.61. The van der Waals surface area contributed by atoms with E-state index in [1.54, 1.807) is 12.1 Å². The maximum Gasteiger partial charge on any atom is 0.194 e. The number of carbonyl (C=O) groups is 1. The fraction of sp³-hybridized carbons (Fsp3) is 0. The molecule has 126 valence electrons. The van der Waals surface area contributed by atoms with Crippen LogP contribution in [-0.4, -0.2) is 5.78 Å². The lowest BCUT2D eigenvalue weighted by Gasteiger charge is -2.27. The van der Waals surface area contributed by atoms with Gasteiger partial charge in [0.1, 0.15) is 0 Å². The second kappa shape index (κ2) is 6.95. The van der Waals surface area contributed by atoms with Crippen molar-refractivity contribution in [2.24, 2.45) is 0 Å². The van der Waals surface area contributed by atoms with Gasteiger partial charge in [0.05, 0.1) is 0 Å². The Morgan fingerprint density at radius 2 is 1.27 bits per heavy atom. The summed E-state index contributed by atoms with van der Waals surface area (Å²) in [6.07, 6.45) is 1.84. The van der Waals surface area contributed by atoms with Crippen LogP contribution in [-0.2, 0) is 4.79 Å². The highest BCUT2D eigenvalue weighted by molar-refractivity contribution is 6.51. The Kier molecular flexibility index (Phi) is 4.50. The molecular weight excluding hydrogens is 363 g/mol. The van der Waals surface area contributed by atoms with E-state index in [-0.39, 0.29) is 5.78 Å². The molecule has 3 heteroatoms. The third-order valence-electron chi connectivity index (χ3n) is 4.38. The van der Waals surface area contributed by atoms with E-state index in [1.165, 1.54) is 0 Å². The van der Waals surface area contributed by atoms with Crippen LogP contribution in [0, 0.1) is 0 Å². The van der Waals surface area contributed by atoms with Crippen LogP contribution in [0.2, 0.25) is 10.0 Å². The second-order valence-electron chi connectivity index (χ2n) is 6.04. The fourth-order valence-corrected chi connectivity index (χ4v) is 3.59. The van der Waals surface area contributed by atoms with E-state index in [1.807, 2.05) is 72.8 Å². The maximum atomic E-state index is 12.9. The molecule has 4 rings (SSSR count). The molecule has 1 aliphatic carbocycles. The summed E-state index contributed by atoms with van der Waals surface area (Å²) in [6, 6.07) is 25.0. The van der Waals surface area contributed by atoms with Gasteiger partial charge >= 0.3 is 0 Å². The van der Waals surface area contributed by atoms with E-state index in [4.69, 9.17) is 23.2 Å². The molecule has 0 radical (unpaired) electrons. The Labute approximate surface area is 162 Å². The number of allylic oxidation sites excluding steroid dienone is 3. The predicted octanol–water partition coefficient (Wildman–Crippen LogP) is 6.57. The standard InChI is InChI=1S/C23H14Cl2O/c24-18-12-11-17(20(25)14-18)13-19-21(15-7-3-1-4-8-15)22(23(19)26)16-9-5-2-6-10-16/h1-14H/b19-13-. The van der Waals surface area contributed by atoms with Crippen molar-refractivity contribution in [2.75, 3.05) is 0 Å². The van der Waals surface area contributed by atoms with Gasteiger partial charge in [0.2, 0.25) is 0 Å². The van der Waals surface area contributed by atoms with Gasteiger partial charge in [-0.3, -0.25) is 4.79 Å². The van der Waals surface area contributed by atoms with Crippen LogP contribution in [0.1, 0.15) is 16.7 Å². The summed E-state index contributed by atoms with van der Waals surface area (Å²) in [5.41, 5.74) is 5.08. The Bertz CT molecular complexity index is 1050. The molecule has 1 nitrogen and oxygen atoms in total. The number of ketones is 1. The van der Waals surface area contributed by atoms with E-state index in [2.05, 4.69) is 0 Å². The minimum absolute atomic E-state index is 0.0288. The van der Waals surface area contributed by atoms with Gasteiger partial charge in [0.15, 0.2) is 5.78 Å². The molecule has 0 unspecified atom stereocenters. The van der Waals surface area contributed by atoms with Crippen molar-refractivity contribution in [3.05, 3.63) is 111 Å². The second-order valence-corrected chi connectivity index (χ2v) is 6.88. The van der Waals surface area contributed by atoms with Gasteiger partial charge < -0.3 is 0 Å². The first-order valence-electron chi connectivity index (χ1n) is 8.22. The van der Waals surface area contributed by atoms with Crippen LogP contribution in [0.5, 0.6) is 0 Å². The molecule has 0 N–H and O–H groups in total. The number of hydrogen-bond donors (Lipinski definition) is 0. The summed E-state index contributed by atoms with van der Waals surface area (Å²) in [5, 5.41) is 1.10. The third-order valence-corrected chi connectivity index (χ3v) is 4.94. The first-order valence-corrected chi connectivity index (χ1v) is 8.97. The molecule has 0 saturated carbocycles. The quantitative estimate of drug-likeness (QED) is 0.472. The summed E-state index contributed by atoms with van der Waals surface area (Å²) < 4.78 is 0. The van der Waals surface area contributed by atoms with Gasteiger partial charge in [0.25, 0.3) is 0 Å². The van der Waals surface area contributed by atoms with Crippen molar-refractivity contribution in [2.45, 2.75) is 0 Å². The van der Waals surface area contributed by atoms with E-state index >= 15 is 0 Å². The van der Waals surface area contributed by atoms with E-state index in [0.717, 1.165) is 27.8 Å². The monoisotopic (exact) mass is 376 g/mol. The molecule has 3 aromatic rings. The normalized spacial score (nSPS) is 15.3. The topological polar surface area (TPSA) is 17.1 Å². The molecule has 0 saturated heterocycles. The molecule has 1 aliphatic rings. The average Bonchev–Trinajstić information content (AvgIpc) is 2.66. The Morgan fingerprint density at radius 1 is 0.692 bits per heavy atom. The molecule has 0 fully saturated rings. The minimum atomic E-state index is 0.0288. The molecule has 0 atom stereocenters. The summed E-state index contributed by atoms with van der Waals surface area (Å²) >= 11 is 12.3. The predicted molar refractivity (Wildman–Crippen MR) is 109 cm³/mol. The smallest absolute Gasteiger partial charge is 0.194 e. The van der Waals surface area contributed by atoms with Crippen molar-refractivity contribution in [3.8, 4) is 0 Å². The lowest BCUT2D eigenvalue weighted by molar-refractivity contribution is -0.110. The number of benzene rings is 3. The number of rotatable bonds is 3. The number of carbonyl (C=O) groups excluding carboxylic acids is 1. The zero-order chi connectivity index (χ0) is 18.1. The molecule has 0 amide bonds. The largest absolute Gasteiger partial charge is 0.289 e. The fourth-order valence-electron chi connectivity index (χ4n) is 3.13. The van der Waals surface area contributed by atoms with Crippen molar-refractivity contribution in [1.29, 1.82) is 0 Å². The molecule has 0 heterocycles. The molecule has 0 aliphatic heterocycles. The van der Waals surface area contributed by atoms with Crippen molar-refractivity contribution in [1.82, 2.24) is 0 Å². The van der Waals surface area contributed by atoms with E-state index < -0.39 is 0 Å². The third kappa shape index (κ3) is 3.01. The van der Waals surface area contributed by atoms with Gasteiger partial charge in [-0.05, 0) is 34.9 Å². The van der Waals surface area contributed by atoms with E-state index in [0.29, 0.717) is 15.6 Å². The first-order chi connectivity index (χ1) is 12.6. The number of halogens is 2. The van der Waals surface area contributed by atoms with Gasteiger partial charge in [-0.2, -0.15) is 0 Å². The van der Waals surface area contributed by atoms with Gasteiger partial charge in [0, 0.05) is 26.8 Å². The molecule has 26 heavy (non-hydrogen) atoms. The van der Waals surface area contributed by atoms with Crippen LogP contribution in [0.4, 0.5) is 0 Å². The van der Waals surface area contributed by atoms with Gasteiger partial charge in [-0.25, -0.2) is 0 Å². The van der Waals surface area contributed by atoms with Gasteiger partial charge in [-0.1, -0.05) is 89.9 Å². The average molecular weight is 377 g/mol. The van der Waals surface area contributed by atoms with Crippen molar-refractivity contribution in [3.63, 3.8) is 0 Å². The van der Waals surface area contributed by atoms with Crippen molar-refractivity contribution >= 4 is 46.2 Å². The Morgan fingerprint density at radius 3 is 1.85 bits per heavy atom. The lowest BCUT2D eigenvalue weighted by atomic mass is 9.74. The highest BCUT2D eigenvalue weighted by atomic mass is 35.5. The Balaban J connectivity index is 1.89. The summed E-state index contributed by atoms with van der Waals surface area (Å²) in [7, 11) is 0. The van der Waals surface area contributed by atoms with Crippen molar-refractivity contribution < 1.29 is 4.79 Å². The zero-order valence-electron chi connectivity index (χ0n) is 13.7. The molecule has 3 aromatic carbocycles. The molecule has 0 bridgehead atoms. The highest BCUT2D eigenvalue weighted by Crippen LogP contribution is 2.45. The maximum absolute atomic E-state index is 12.9. The summed E-state index contributed by atoms with van der Waals surface area (Å²) in [5.74, 6) is 0.0288.